The van der Waals surface area contributed by atoms with E-state index in [1.54, 1.807) is 0 Å². The number of imidazole rings is 2. The van der Waals surface area contributed by atoms with Crippen LogP contribution in [-0.4, -0.2) is 14.1 Å². The van der Waals surface area contributed by atoms with Gasteiger partial charge in [-0.15, -0.1) is 0 Å². The van der Waals surface area contributed by atoms with Crippen LogP contribution >= 0.6 is 0 Å². The maximum absolute atomic E-state index is 5.37. The Hall–Kier alpha value is -4.51. The van der Waals surface area contributed by atoms with Crippen molar-refractivity contribution in [2.75, 3.05) is 0 Å². The highest BCUT2D eigenvalue weighted by molar-refractivity contribution is 5.95. The zero-order valence-electron chi connectivity index (χ0n) is 22.0. The summed E-state index contributed by atoms with van der Waals surface area (Å²) in [4.78, 5) is 5.37. The van der Waals surface area contributed by atoms with Crippen molar-refractivity contribution in [3.8, 4) is 0 Å². The van der Waals surface area contributed by atoms with Crippen molar-refractivity contribution in [3.63, 3.8) is 0 Å². The first-order valence-electron chi connectivity index (χ1n) is 14.1. The molecule has 5 nitrogen and oxygen atoms in total. The molecule has 4 aromatic carbocycles. The number of para-hydroxylation sites is 6. The van der Waals surface area contributed by atoms with Crippen molar-refractivity contribution < 1.29 is 9.13 Å². The third kappa shape index (κ3) is 3.80. The Bertz CT molecular complexity index is 1870. The van der Waals surface area contributed by atoms with Gasteiger partial charge in [0.15, 0.2) is 22.1 Å². The van der Waals surface area contributed by atoms with E-state index in [1.165, 1.54) is 63.2 Å². The lowest BCUT2D eigenvalue weighted by molar-refractivity contribution is -0.663. The third-order valence-corrected chi connectivity index (χ3v) is 8.37. The van der Waals surface area contributed by atoms with Gasteiger partial charge < -0.3 is 0 Å². The van der Waals surface area contributed by atoms with E-state index in [0.717, 1.165) is 37.2 Å². The molecule has 3 aromatic heterocycles. The lowest BCUT2D eigenvalue weighted by atomic mass is 10.0. The van der Waals surface area contributed by atoms with Crippen LogP contribution < -0.4 is 9.13 Å². The van der Waals surface area contributed by atoms with Crippen molar-refractivity contribution in [3.05, 3.63) is 115 Å². The molecule has 1 aliphatic rings. The van der Waals surface area contributed by atoms with Gasteiger partial charge in [0, 0.05) is 21.9 Å². The lowest BCUT2D eigenvalue weighted by Gasteiger charge is -2.09. The topological polar surface area (TPSA) is 30.5 Å². The van der Waals surface area contributed by atoms with Crippen LogP contribution in [-0.2, 0) is 26.2 Å². The molecular weight excluding hydrogens is 478 g/mol. The molecule has 5 heteroatoms. The van der Waals surface area contributed by atoms with Gasteiger partial charge in [-0.25, -0.2) is 23.3 Å². The van der Waals surface area contributed by atoms with Crippen LogP contribution in [0.3, 0.4) is 0 Å². The van der Waals surface area contributed by atoms with E-state index in [1.807, 2.05) is 0 Å². The Labute approximate surface area is 227 Å². The minimum Gasteiger partial charge on any atom is -0.247 e. The Balaban J connectivity index is 1.34. The number of aryl methyl sites for hydroxylation is 2. The molecule has 0 spiro atoms. The van der Waals surface area contributed by atoms with E-state index < -0.39 is 0 Å². The quantitative estimate of drug-likeness (QED) is 0.178. The highest BCUT2D eigenvalue weighted by Crippen LogP contribution is 2.26. The highest BCUT2D eigenvalue weighted by atomic mass is 15.1. The lowest BCUT2D eigenvalue weighted by Crippen LogP contribution is -2.33. The third-order valence-electron chi connectivity index (χ3n) is 8.37. The Morgan fingerprint density at radius 2 is 1.05 bits per heavy atom. The molecule has 0 saturated carbocycles. The van der Waals surface area contributed by atoms with Gasteiger partial charge in [0.05, 0.1) is 24.1 Å². The minimum atomic E-state index is 0.799. The van der Waals surface area contributed by atoms with E-state index in [-0.39, 0.29) is 0 Å². The van der Waals surface area contributed by atoms with E-state index in [4.69, 9.17) is 4.98 Å². The number of hydrogen-bond donors (Lipinski definition) is 0. The Morgan fingerprint density at radius 1 is 0.538 bits per heavy atom. The van der Waals surface area contributed by atoms with E-state index in [9.17, 15) is 0 Å². The molecule has 4 heterocycles. The molecule has 7 aromatic rings. The van der Waals surface area contributed by atoms with Crippen molar-refractivity contribution in [1.82, 2.24) is 14.1 Å². The van der Waals surface area contributed by atoms with Gasteiger partial charge >= 0.3 is 0 Å². The van der Waals surface area contributed by atoms with Crippen molar-refractivity contribution in [2.24, 2.45) is 0 Å². The Morgan fingerprint density at radius 3 is 1.59 bits per heavy atom. The van der Waals surface area contributed by atoms with Gasteiger partial charge in [-0.3, -0.25) is 0 Å². The zero-order chi connectivity index (χ0) is 25.8. The predicted octanol–water partition coefficient (Wildman–Crippen LogP) is 6.15. The molecule has 6 bridgehead atoms. The molecule has 0 saturated heterocycles. The van der Waals surface area contributed by atoms with Crippen LogP contribution in [0.15, 0.2) is 104 Å². The van der Waals surface area contributed by atoms with Crippen LogP contribution in [0.1, 0.15) is 30.4 Å². The van der Waals surface area contributed by atoms with Crippen molar-refractivity contribution >= 4 is 43.9 Å². The highest BCUT2D eigenvalue weighted by Gasteiger charge is 2.20. The molecule has 0 aliphatic carbocycles. The first kappa shape index (κ1) is 22.5. The summed E-state index contributed by atoms with van der Waals surface area (Å²) in [6.07, 6.45) is 8.15. The summed E-state index contributed by atoms with van der Waals surface area (Å²) in [5, 5.41) is 2.39. The molecular formula is C34H31N5+2. The summed E-state index contributed by atoms with van der Waals surface area (Å²) >= 11 is 0. The summed E-state index contributed by atoms with van der Waals surface area (Å²) in [7, 11) is 0. The average molecular weight is 510 g/mol. The number of pyridine rings is 1. The molecule has 0 amide bonds. The number of benzene rings is 4. The second kappa shape index (κ2) is 9.05. The molecule has 0 radical (unpaired) electrons. The van der Waals surface area contributed by atoms with Gasteiger partial charge in [0.25, 0.3) is 0 Å². The number of nitrogens with zero attached hydrogens (tertiary/aromatic N) is 5. The van der Waals surface area contributed by atoms with E-state index in [0.29, 0.717) is 0 Å². The van der Waals surface area contributed by atoms with Gasteiger partial charge in [-0.1, -0.05) is 60.7 Å². The fourth-order valence-electron chi connectivity index (χ4n) is 6.46. The molecule has 190 valence electrons. The maximum atomic E-state index is 5.37. The van der Waals surface area contributed by atoms with Crippen LogP contribution in [0.5, 0.6) is 0 Å². The van der Waals surface area contributed by atoms with Gasteiger partial charge in [-0.05, 0) is 49.6 Å². The molecule has 0 fully saturated rings. The van der Waals surface area contributed by atoms with E-state index >= 15 is 0 Å². The first-order chi connectivity index (χ1) is 19.3. The van der Waals surface area contributed by atoms with Crippen molar-refractivity contribution in [1.29, 1.82) is 0 Å². The van der Waals surface area contributed by atoms with Gasteiger partial charge in [0.2, 0.25) is 12.7 Å². The predicted molar refractivity (Wildman–Crippen MR) is 156 cm³/mol. The fraction of sp³-hybridized carbons (Fsp3) is 0.206. The first-order valence-corrected chi connectivity index (χ1v) is 14.1. The number of hydrogen-bond acceptors (Lipinski definition) is 1. The van der Waals surface area contributed by atoms with Crippen LogP contribution in [0, 0.1) is 0 Å². The van der Waals surface area contributed by atoms with Crippen LogP contribution in [0.2, 0.25) is 0 Å². The maximum Gasteiger partial charge on any atom is 0.245 e. The standard InChI is InChI=1S/C34H31N5/c1-6-18-36-23-38(31-16-4-2-14-29(31)36)21-27-12-8-10-25-20-26-11-9-13-28(34(26)35-33(25)27)22-39-24-37(19-7-1)30-15-3-5-17-32(30)39/h2-5,8-17,20,23-24H,1,6-7,18-19,21-22H2/q+2. The van der Waals surface area contributed by atoms with Gasteiger partial charge in [0.1, 0.15) is 13.1 Å². The number of aromatic nitrogens is 5. The summed E-state index contributed by atoms with van der Waals surface area (Å²) in [6.45, 7) is 3.66. The zero-order valence-corrected chi connectivity index (χ0v) is 22.0. The van der Waals surface area contributed by atoms with E-state index in [2.05, 4.69) is 122 Å². The second-order valence-electron chi connectivity index (χ2n) is 10.9. The van der Waals surface area contributed by atoms with Crippen molar-refractivity contribution in [2.45, 2.75) is 45.4 Å². The summed E-state index contributed by atoms with van der Waals surface area (Å²) in [5.74, 6) is 0. The molecule has 39 heavy (non-hydrogen) atoms. The van der Waals surface area contributed by atoms with Crippen LogP contribution in [0.25, 0.3) is 43.9 Å². The molecule has 1 aliphatic heterocycles. The average Bonchev–Trinajstić information content (AvgIpc) is 3.50. The fourth-order valence-corrected chi connectivity index (χ4v) is 6.46. The second-order valence-corrected chi connectivity index (χ2v) is 10.9. The Kier molecular flexibility index (Phi) is 5.22. The summed E-state index contributed by atoms with van der Waals surface area (Å²) in [6, 6.07) is 33.1. The van der Waals surface area contributed by atoms with Gasteiger partial charge in [-0.2, -0.15) is 0 Å². The molecule has 0 unspecified atom stereocenters. The SMILES string of the molecule is c1cc2c3nc4c(cccc4cc3c1)C[n+]1cn(c3ccccc31)CCCCCn1c[n+](c3ccccc31)C2. The number of rotatable bonds is 0. The summed E-state index contributed by atoms with van der Waals surface area (Å²) < 4.78 is 9.66. The number of fused-ring (bicyclic) bond motifs is 10. The molecule has 0 N–H and O–H groups in total. The monoisotopic (exact) mass is 509 g/mol. The largest absolute Gasteiger partial charge is 0.247 e. The molecule has 0 atom stereocenters. The molecule has 8 rings (SSSR count). The van der Waals surface area contributed by atoms with Crippen LogP contribution in [0.4, 0.5) is 0 Å². The normalized spacial score (nSPS) is 14.5. The summed E-state index contributed by atoms with van der Waals surface area (Å²) in [5.41, 5.74) is 9.84. The minimum absolute atomic E-state index is 0.799. The smallest absolute Gasteiger partial charge is 0.245 e.